The van der Waals surface area contributed by atoms with Gasteiger partial charge in [-0.15, -0.1) is 0 Å². The fourth-order valence-electron chi connectivity index (χ4n) is 0.843. The molecule has 0 saturated carbocycles. The molecule has 0 radical (unpaired) electrons. The maximum Gasteiger partial charge on any atom is 0.461 e. The fourth-order valence-corrected chi connectivity index (χ4v) is 1.91. The van der Waals surface area contributed by atoms with Gasteiger partial charge in [0.2, 0.25) is 0 Å². The van der Waals surface area contributed by atoms with Gasteiger partial charge in [0.05, 0.1) is 16.8 Å². The third-order valence-electron chi connectivity index (χ3n) is 1.28. The van der Waals surface area contributed by atoms with Gasteiger partial charge in [-0.2, -0.15) is 31.4 Å². The van der Waals surface area contributed by atoms with E-state index in [0.717, 1.165) is 10.9 Å². The van der Waals surface area contributed by atoms with Gasteiger partial charge >= 0.3 is 11.0 Å². The monoisotopic (exact) mass is 297 g/mol. The number of thioether (sulfide) groups is 1. The molecule has 17 heavy (non-hydrogen) atoms. The standard InChI is InChI=1S/C6H5F6N3S2/c1-15-2-3(16-5(7,8)9)4(13-15)14-17-6(10,11)12/h2H,1H3,(H,13,14). The number of nitrogens with zero attached hydrogens (tertiary/aromatic N) is 2. The summed E-state index contributed by atoms with van der Waals surface area (Å²) in [5.41, 5.74) is -9.18. The number of alkyl halides is 6. The second-order valence-corrected chi connectivity index (χ2v) is 4.69. The molecule has 0 spiro atoms. The second kappa shape index (κ2) is 4.88. The van der Waals surface area contributed by atoms with Gasteiger partial charge in [0.1, 0.15) is 0 Å². The van der Waals surface area contributed by atoms with Crippen LogP contribution in [-0.4, -0.2) is 20.8 Å². The van der Waals surface area contributed by atoms with E-state index in [1.165, 1.54) is 7.05 Å². The van der Waals surface area contributed by atoms with Crippen LogP contribution in [0.25, 0.3) is 0 Å². The maximum absolute atomic E-state index is 12.1. The van der Waals surface area contributed by atoms with E-state index in [2.05, 4.69) is 5.10 Å². The van der Waals surface area contributed by atoms with Gasteiger partial charge in [-0.3, -0.25) is 4.68 Å². The zero-order chi connectivity index (χ0) is 13.3. The van der Waals surface area contributed by atoms with Gasteiger partial charge in [-0.1, -0.05) is 0 Å². The number of hydrogen-bond donors (Lipinski definition) is 1. The van der Waals surface area contributed by atoms with E-state index in [-0.39, 0.29) is 0 Å². The Kier molecular flexibility index (Phi) is 4.12. The van der Waals surface area contributed by atoms with Gasteiger partial charge in [-0.25, -0.2) is 0 Å². The minimum absolute atomic E-state index is 0.420. The Bertz CT molecular complexity index is 384. The summed E-state index contributed by atoms with van der Waals surface area (Å²) in [4.78, 5) is -0.420. The minimum Gasteiger partial charge on any atom is -0.305 e. The molecule has 0 amide bonds. The van der Waals surface area contributed by atoms with Crippen molar-refractivity contribution in [1.82, 2.24) is 9.78 Å². The van der Waals surface area contributed by atoms with Crippen molar-refractivity contribution in [2.24, 2.45) is 7.05 Å². The summed E-state index contributed by atoms with van der Waals surface area (Å²) >= 11 is -1.19. The average Bonchev–Trinajstić information content (AvgIpc) is 2.38. The van der Waals surface area contributed by atoms with Crippen molar-refractivity contribution < 1.29 is 26.3 Å². The van der Waals surface area contributed by atoms with Crippen molar-refractivity contribution in [2.45, 2.75) is 15.9 Å². The second-order valence-electron chi connectivity index (χ2n) is 2.71. The largest absolute Gasteiger partial charge is 0.461 e. The normalized spacial score (nSPS) is 12.9. The van der Waals surface area contributed by atoms with Crippen LogP contribution in [0.5, 0.6) is 0 Å². The number of rotatable bonds is 3. The van der Waals surface area contributed by atoms with Crippen LogP contribution in [0, 0.1) is 0 Å². The number of halogens is 6. The first kappa shape index (κ1) is 14.4. The van der Waals surface area contributed by atoms with E-state index in [4.69, 9.17) is 0 Å². The molecule has 0 aliphatic rings. The first-order chi connectivity index (χ1) is 7.57. The minimum atomic E-state index is -4.60. The summed E-state index contributed by atoms with van der Waals surface area (Å²) in [6.07, 6.45) is 0.984. The molecule has 1 aromatic heterocycles. The van der Waals surface area contributed by atoms with Crippen molar-refractivity contribution in [3.63, 3.8) is 0 Å². The Labute approximate surface area is 100 Å². The highest BCUT2D eigenvalue weighted by Crippen LogP contribution is 2.41. The Morgan fingerprint density at radius 2 is 1.76 bits per heavy atom. The molecule has 1 N–H and O–H groups in total. The molecule has 0 aliphatic heterocycles. The topological polar surface area (TPSA) is 29.9 Å². The molecule has 1 rings (SSSR count). The smallest absolute Gasteiger partial charge is 0.305 e. The van der Waals surface area contributed by atoms with Crippen LogP contribution in [0.3, 0.4) is 0 Å². The predicted molar refractivity (Wildman–Crippen MR) is 52.4 cm³/mol. The van der Waals surface area contributed by atoms with E-state index >= 15 is 0 Å². The fraction of sp³-hybridized carbons (Fsp3) is 0.500. The molecular formula is C6H5F6N3S2. The number of hydrogen-bond acceptors (Lipinski definition) is 4. The van der Waals surface area contributed by atoms with Crippen molar-refractivity contribution in [2.75, 3.05) is 4.72 Å². The molecule has 0 atom stereocenters. The van der Waals surface area contributed by atoms with Crippen LogP contribution >= 0.6 is 23.7 Å². The Morgan fingerprint density at radius 1 is 1.18 bits per heavy atom. The molecule has 3 nitrogen and oxygen atoms in total. The van der Waals surface area contributed by atoms with Crippen molar-refractivity contribution in [3.8, 4) is 0 Å². The molecule has 0 fully saturated rings. The molecule has 0 aliphatic carbocycles. The van der Waals surface area contributed by atoms with Crippen LogP contribution in [-0.2, 0) is 7.05 Å². The molecular weight excluding hydrogens is 292 g/mol. The van der Waals surface area contributed by atoms with Crippen molar-refractivity contribution in [1.29, 1.82) is 0 Å². The lowest BCUT2D eigenvalue weighted by Crippen LogP contribution is -2.06. The van der Waals surface area contributed by atoms with Crippen molar-refractivity contribution >= 4 is 29.5 Å². The number of aromatic nitrogens is 2. The van der Waals surface area contributed by atoms with Crippen LogP contribution in [0.4, 0.5) is 32.2 Å². The number of nitrogens with one attached hydrogen (secondary N) is 1. The highest BCUT2D eigenvalue weighted by atomic mass is 32.2. The van der Waals surface area contributed by atoms with Crippen LogP contribution in [0.2, 0.25) is 0 Å². The Hall–Kier alpha value is -0.710. The third kappa shape index (κ3) is 5.44. The average molecular weight is 297 g/mol. The Balaban J connectivity index is 2.78. The summed E-state index contributed by atoms with van der Waals surface area (Å²) in [5, 5.41) is 3.46. The van der Waals surface area contributed by atoms with Crippen molar-refractivity contribution in [3.05, 3.63) is 6.20 Å². The zero-order valence-electron chi connectivity index (χ0n) is 8.06. The lowest BCUT2D eigenvalue weighted by Gasteiger charge is -2.08. The van der Waals surface area contributed by atoms with Gasteiger partial charge < -0.3 is 4.72 Å². The molecule has 1 aromatic rings. The van der Waals surface area contributed by atoms with E-state index in [1.807, 2.05) is 0 Å². The zero-order valence-corrected chi connectivity index (χ0v) is 9.69. The summed E-state index contributed by atoms with van der Waals surface area (Å²) in [5.74, 6) is -0.475. The summed E-state index contributed by atoms with van der Waals surface area (Å²) < 4.78 is 74.5. The molecule has 0 bridgehead atoms. The molecule has 0 unspecified atom stereocenters. The van der Waals surface area contributed by atoms with Gasteiger partial charge in [0, 0.05) is 13.2 Å². The number of anilines is 1. The predicted octanol–water partition coefficient (Wildman–Crippen LogP) is 3.61. The van der Waals surface area contributed by atoms with Gasteiger partial charge in [-0.05, 0) is 11.8 Å². The van der Waals surface area contributed by atoms with Crippen LogP contribution in [0.1, 0.15) is 0 Å². The lowest BCUT2D eigenvalue weighted by atomic mass is 10.7. The molecule has 11 heteroatoms. The summed E-state index contributed by atoms with van der Waals surface area (Å²) in [6.45, 7) is 0. The van der Waals surface area contributed by atoms with Gasteiger partial charge in [0.15, 0.2) is 5.82 Å². The first-order valence-corrected chi connectivity index (χ1v) is 5.50. The number of aryl methyl sites for hydroxylation is 1. The van der Waals surface area contributed by atoms with E-state index < -0.39 is 45.4 Å². The van der Waals surface area contributed by atoms with E-state index in [1.54, 1.807) is 4.72 Å². The summed E-state index contributed by atoms with van der Waals surface area (Å²) in [6, 6.07) is 0. The Morgan fingerprint density at radius 3 is 2.24 bits per heavy atom. The SMILES string of the molecule is Cn1cc(SC(F)(F)F)c(NSC(F)(F)F)n1. The van der Waals surface area contributed by atoms with Crippen LogP contribution < -0.4 is 4.72 Å². The first-order valence-electron chi connectivity index (χ1n) is 3.87. The molecule has 98 valence electrons. The molecule has 0 saturated heterocycles. The van der Waals surface area contributed by atoms with Gasteiger partial charge in [0.25, 0.3) is 0 Å². The maximum atomic E-state index is 12.1. The molecule has 0 aromatic carbocycles. The quantitative estimate of drug-likeness (QED) is 0.524. The molecule has 1 heterocycles. The van der Waals surface area contributed by atoms with E-state index in [9.17, 15) is 26.3 Å². The van der Waals surface area contributed by atoms with E-state index in [0.29, 0.717) is 0 Å². The lowest BCUT2D eigenvalue weighted by molar-refractivity contribution is -0.0333. The van der Waals surface area contributed by atoms with Crippen LogP contribution in [0.15, 0.2) is 11.1 Å². The highest BCUT2D eigenvalue weighted by molar-refractivity contribution is 8.02. The summed E-state index contributed by atoms with van der Waals surface area (Å²) in [7, 11) is 1.31. The highest BCUT2D eigenvalue weighted by Gasteiger charge is 2.33. The third-order valence-corrected chi connectivity index (χ3v) is 2.56.